The molecule has 0 N–H and O–H groups in total. The molecular formula is C11H12BrClN4. The third-order valence-electron chi connectivity index (χ3n) is 3.21. The minimum absolute atomic E-state index is 0.476. The predicted molar refractivity (Wildman–Crippen MR) is 70.6 cm³/mol. The van der Waals surface area contributed by atoms with Crippen molar-refractivity contribution >= 4 is 33.2 Å². The lowest BCUT2D eigenvalue weighted by molar-refractivity contribution is 0.410. The SMILES string of the molecule is CN1CCC(c2cc(Cl)n3ncc(Br)c3n2)C1. The first kappa shape index (κ1) is 11.4. The molecule has 90 valence electrons. The molecule has 17 heavy (non-hydrogen) atoms. The third kappa shape index (κ3) is 1.96. The van der Waals surface area contributed by atoms with E-state index in [1.807, 2.05) is 6.07 Å². The molecule has 6 heteroatoms. The molecule has 0 bridgehead atoms. The van der Waals surface area contributed by atoms with Gasteiger partial charge in [-0.1, -0.05) is 11.6 Å². The van der Waals surface area contributed by atoms with E-state index in [9.17, 15) is 0 Å². The highest BCUT2D eigenvalue weighted by molar-refractivity contribution is 9.10. The molecule has 1 unspecified atom stereocenters. The van der Waals surface area contributed by atoms with E-state index in [0.717, 1.165) is 35.3 Å². The minimum atomic E-state index is 0.476. The average molecular weight is 316 g/mol. The van der Waals surface area contributed by atoms with Crippen LogP contribution in [-0.2, 0) is 0 Å². The number of halogens is 2. The van der Waals surface area contributed by atoms with Crippen LogP contribution >= 0.6 is 27.5 Å². The summed E-state index contributed by atoms with van der Waals surface area (Å²) in [5, 5.41) is 4.78. The maximum absolute atomic E-state index is 6.22. The van der Waals surface area contributed by atoms with Crippen molar-refractivity contribution in [3.8, 4) is 0 Å². The number of rotatable bonds is 1. The van der Waals surface area contributed by atoms with Crippen LogP contribution in [0.15, 0.2) is 16.7 Å². The van der Waals surface area contributed by atoms with E-state index in [2.05, 4.69) is 38.0 Å². The predicted octanol–water partition coefficient (Wildman–Crippen LogP) is 2.56. The van der Waals surface area contributed by atoms with E-state index in [1.54, 1.807) is 10.7 Å². The fraction of sp³-hybridized carbons (Fsp3) is 0.455. The second-order valence-electron chi connectivity index (χ2n) is 4.48. The van der Waals surface area contributed by atoms with Crippen LogP contribution < -0.4 is 0 Å². The van der Waals surface area contributed by atoms with E-state index in [-0.39, 0.29) is 0 Å². The Kier molecular flexibility index (Phi) is 2.84. The summed E-state index contributed by atoms with van der Waals surface area (Å²) in [6.45, 7) is 2.17. The molecule has 2 aromatic rings. The molecule has 0 aromatic carbocycles. The molecule has 3 heterocycles. The molecule has 2 aromatic heterocycles. The lowest BCUT2D eigenvalue weighted by Gasteiger charge is -2.11. The van der Waals surface area contributed by atoms with Crippen LogP contribution in [0.1, 0.15) is 18.0 Å². The van der Waals surface area contributed by atoms with E-state index < -0.39 is 0 Å². The lowest BCUT2D eigenvalue weighted by Crippen LogP contribution is -2.14. The maximum atomic E-state index is 6.22. The van der Waals surface area contributed by atoms with Gasteiger partial charge in [-0.15, -0.1) is 0 Å². The molecule has 3 rings (SSSR count). The quantitative estimate of drug-likeness (QED) is 0.758. The number of likely N-dealkylation sites (N-methyl/N-ethyl adjacent to an activating group) is 1. The third-order valence-corrected chi connectivity index (χ3v) is 4.04. The summed E-state index contributed by atoms with van der Waals surface area (Å²) in [5.74, 6) is 0.476. The summed E-state index contributed by atoms with van der Waals surface area (Å²) in [6.07, 6.45) is 2.86. The second-order valence-corrected chi connectivity index (χ2v) is 5.72. The zero-order chi connectivity index (χ0) is 12.0. The average Bonchev–Trinajstić information content (AvgIpc) is 2.87. The van der Waals surface area contributed by atoms with Crippen molar-refractivity contribution in [3.63, 3.8) is 0 Å². The number of hydrogen-bond acceptors (Lipinski definition) is 3. The van der Waals surface area contributed by atoms with Crippen LogP contribution in [0.25, 0.3) is 5.65 Å². The Morgan fingerprint density at radius 3 is 3.06 bits per heavy atom. The van der Waals surface area contributed by atoms with Gasteiger partial charge < -0.3 is 4.90 Å². The van der Waals surface area contributed by atoms with Crippen LogP contribution in [0.5, 0.6) is 0 Å². The van der Waals surface area contributed by atoms with Gasteiger partial charge in [-0.2, -0.15) is 5.10 Å². The van der Waals surface area contributed by atoms with Gasteiger partial charge in [-0.05, 0) is 42.0 Å². The van der Waals surface area contributed by atoms with Crippen molar-refractivity contribution in [2.45, 2.75) is 12.3 Å². The van der Waals surface area contributed by atoms with Crippen LogP contribution in [0.4, 0.5) is 0 Å². The monoisotopic (exact) mass is 314 g/mol. The number of hydrogen-bond donors (Lipinski definition) is 0. The normalized spacial score (nSPS) is 21.5. The molecule has 0 aliphatic carbocycles. The number of aromatic nitrogens is 3. The van der Waals surface area contributed by atoms with Crippen LogP contribution in [0.3, 0.4) is 0 Å². The van der Waals surface area contributed by atoms with Crippen molar-refractivity contribution in [2.75, 3.05) is 20.1 Å². The summed E-state index contributed by atoms with van der Waals surface area (Å²) in [6, 6.07) is 1.93. The van der Waals surface area contributed by atoms with Crippen molar-refractivity contribution in [3.05, 3.63) is 27.6 Å². The van der Waals surface area contributed by atoms with Gasteiger partial charge in [0.1, 0.15) is 5.15 Å². The number of likely N-dealkylation sites (tertiary alicyclic amines) is 1. The Morgan fingerprint density at radius 1 is 1.53 bits per heavy atom. The summed E-state index contributed by atoms with van der Waals surface area (Å²) in [4.78, 5) is 6.97. The molecule has 1 aliphatic heterocycles. The fourth-order valence-corrected chi connectivity index (χ4v) is 2.89. The van der Waals surface area contributed by atoms with Crippen LogP contribution in [-0.4, -0.2) is 39.6 Å². The first-order valence-electron chi connectivity index (χ1n) is 5.53. The summed E-state index contributed by atoms with van der Waals surface area (Å²) < 4.78 is 2.53. The first-order valence-corrected chi connectivity index (χ1v) is 6.70. The molecule has 1 atom stereocenters. The Labute approximate surface area is 113 Å². The standard InChI is InChI=1S/C11H12BrClN4/c1-16-3-2-7(6-16)9-4-10(13)17-11(15-9)8(12)5-14-17/h4-5,7H,2-3,6H2,1H3. The van der Waals surface area contributed by atoms with Crippen LogP contribution in [0, 0.1) is 0 Å². The maximum Gasteiger partial charge on any atom is 0.171 e. The molecule has 0 saturated carbocycles. The first-order chi connectivity index (χ1) is 8.15. The van der Waals surface area contributed by atoms with Gasteiger partial charge in [0.25, 0.3) is 0 Å². The Hall–Kier alpha value is -0.650. The smallest absolute Gasteiger partial charge is 0.171 e. The van der Waals surface area contributed by atoms with Gasteiger partial charge in [0.15, 0.2) is 5.65 Å². The zero-order valence-electron chi connectivity index (χ0n) is 9.40. The molecule has 1 fully saturated rings. The second kappa shape index (κ2) is 4.23. The molecule has 1 saturated heterocycles. The van der Waals surface area contributed by atoms with Gasteiger partial charge in [0.05, 0.1) is 16.4 Å². The largest absolute Gasteiger partial charge is 0.306 e. The van der Waals surface area contributed by atoms with E-state index in [4.69, 9.17) is 11.6 Å². The number of fused-ring (bicyclic) bond motifs is 1. The van der Waals surface area contributed by atoms with Gasteiger partial charge in [0, 0.05) is 12.5 Å². The zero-order valence-corrected chi connectivity index (χ0v) is 11.7. The Morgan fingerprint density at radius 2 is 2.35 bits per heavy atom. The van der Waals surface area contributed by atoms with Gasteiger partial charge >= 0.3 is 0 Å². The van der Waals surface area contributed by atoms with Gasteiger partial charge in [0.2, 0.25) is 0 Å². The highest BCUT2D eigenvalue weighted by Crippen LogP contribution is 2.28. The van der Waals surface area contributed by atoms with Crippen molar-refractivity contribution in [1.82, 2.24) is 19.5 Å². The van der Waals surface area contributed by atoms with Crippen LogP contribution in [0.2, 0.25) is 5.15 Å². The summed E-state index contributed by atoms with van der Waals surface area (Å²) in [7, 11) is 2.13. The lowest BCUT2D eigenvalue weighted by atomic mass is 10.1. The van der Waals surface area contributed by atoms with E-state index in [0.29, 0.717) is 11.1 Å². The van der Waals surface area contributed by atoms with E-state index >= 15 is 0 Å². The van der Waals surface area contributed by atoms with Gasteiger partial charge in [-0.25, -0.2) is 9.50 Å². The van der Waals surface area contributed by atoms with Crippen molar-refractivity contribution in [1.29, 1.82) is 0 Å². The molecule has 1 aliphatic rings. The molecule has 0 radical (unpaired) electrons. The Bertz CT molecular complexity index is 568. The number of nitrogens with zero attached hydrogens (tertiary/aromatic N) is 4. The van der Waals surface area contributed by atoms with E-state index in [1.165, 1.54) is 0 Å². The Balaban J connectivity index is 2.08. The summed E-state index contributed by atoms with van der Waals surface area (Å²) >= 11 is 9.66. The van der Waals surface area contributed by atoms with Gasteiger partial charge in [-0.3, -0.25) is 0 Å². The highest BCUT2D eigenvalue weighted by atomic mass is 79.9. The molecule has 0 amide bonds. The van der Waals surface area contributed by atoms with Crippen molar-refractivity contribution < 1.29 is 0 Å². The highest BCUT2D eigenvalue weighted by Gasteiger charge is 2.23. The topological polar surface area (TPSA) is 33.4 Å². The molecular weight excluding hydrogens is 304 g/mol. The molecule has 4 nitrogen and oxygen atoms in total. The van der Waals surface area contributed by atoms with Crippen molar-refractivity contribution in [2.24, 2.45) is 0 Å². The fourth-order valence-electron chi connectivity index (χ4n) is 2.30. The summed E-state index contributed by atoms with van der Waals surface area (Å²) in [5.41, 5.74) is 1.86. The minimum Gasteiger partial charge on any atom is -0.306 e. The molecule has 0 spiro atoms.